The quantitative estimate of drug-likeness (QED) is 0.272. The first-order valence-electron chi connectivity index (χ1n) is 15.0. The maximum Gasteiger partial charge on any atom is 0.338 e. The molecule has 0 spiro atoms. The third-order valence-corrected chi connectivity index (χ3v) is 10.6. The molecule has 2 saturated heterocycles. The molecule has 4 heterocycles. The molecular weight excluding hydrogens is 510 g/mol. The van der Waals surface area contributed by atoms with E-state index in [4.69, 9.17) is 19.0 Å². The SMILES string of the molecule is CCOC(=O)c1ccc2nc(N3C4CC[C@H]3C[C@H](OCc3c(C5CCCCC5C)noc3C3CC3)C4)sc2c1. The predicted molar refractivity (Wildman–Crippen MR) is 152 cm³/mol. The van der Waals surface area contributed by atoms with Gasteiger partial charge in [0.15, 0.2) is 5.13 Å². The van der Waals surface area contributed by atoms with Gasteiger partial charge in [-0.25, -0.2) is 9.78 Å². The van der Waals surface area contributed by atoms with Crippen molar-refractivity contribution in [2.24, 2.45) is 5.92 Å². The summed E-state index contributed by atoms with van der Waals surface area (Å²) in [5.74, 6) is 2.56. The van der Waals surface area contributed by atoms with Crippen LogP contribution in [0.25, 0.3) is 10.2 Å². The normalized spacial score (nSPS) is 28.8. The molecule has 2 aromatic heterocycles. The summed E-state index contributed by atoms with van der Waals surface area (Å²) >= 11 is 1.69. The topological polar surface area (TPSA) is 77.7 Å². The number of ether oxygens (including phenoxy) is 2. The number of piperidine rings is 1. The summed E-state index contributed by atoms with van der Waals surface area (Å²) in [6.45, 7) is 5.23. The monoisotopic (exact) mass is 549 g/mol. The minimum Gasteiger partial charge on any atom is -0.462 e. The number of hydrogen-bond donors (Lipinski definition) is 0. The minimum absolute atomic E-state index is 0.252. The number of carbonyl (C=O) groups excluding carboxylic acids is 1. The number of esters is 1. The lowest BCUT2D eigenvalue weighted by Crippen LogP contribution is -2.45. The molecule has 5 atom stereocenters. The molecule has 8 heteroatoms. The number of benzene rings is 1. The Morgan fingerprint density at radius 3 is 2.64 bits per heavy atom. The molecule has 4 fully saturated rings. The maximum absolute atomic E-state index is 12.2. The first-order valence-corrected chi connectivity index (χ1v) is 15.9. The fourth-order valence-corrected chi connectivity index (χ4v) is 8.45. The average Bonchev–Trinajstić information content (AvgIpc) is 3.46. The summed E-state index contributed by atoms with van der Waals surface area (Å²) in [6, 6.07) is 6.58. The number of nitrogens with zero attached hydrogens (tertiary/aromatic N) is 3. The van der Waals surface area contributed by atoms with Gasteiger partial charge in [0.1, 0.15) is 5.76 Å². The highest BCUT2D eigenvalue weighted by molar-refractivity contribution is 7.22. The molecule has 2 saturated carbocycles. The second kappa shape index (κ2) is 10.5. The first kappa shape index (κ1) is 25.5. The second-order valence-electron chi connectivity index (χ2n) is 12.1. The van der Waals surface area contributed by atoms with E-state index >= 15 is 0 Å². The number of anilines is 1. The van der Waals surface area contributed by atoms with Crippen molar-refractivity contribution in [1.82, 2.24) is 10.1 Å². The predicted octanol–water partition coefficient (Wildman–Crippen LogP) is 7.35. The molecule has 39 heavy (non-hydrogen) atoms. The fraction of sp³-hybridized carbons (Fsp3) is 0.645. The Kier molecular flexibility index (Phi) is 6.87. The van der Waals surface area contributed by atoms with Crippen molar-refractivity contribution < 1.29 is 18.8 Å². The summed E-state index contributed by atoms with van der Waals surface area (Å²) < 4.78 is 18.9. The van der Waals surface area contributed by atoms with Gasteiger partial charge in [-0.05, 0) is 76.0 Å². The van der Waals surface area contributed by atoms with Gasteiger partial charge < -0.3 is 18.9 Å². The van der Waals surface area contributed by atoms with E-state index in [2.05, 4.69) is 17.0 Å². The van der Waals surface area contributed by atoms with Gasteiger partial charge >= 0.3 is 5.97 Å². The summed E-state index contributed by atoms with van der Waals surface area (Å²) in [6.07, 6.45) is 12.2. The number of fused-ring (bicyclic) bond motifs is 3. The molecule has 0 radical (unpaired) electrons. The highest BCUT2D eigenvalue weighted by atomic mass is 32.1. The second-order valence-corrected chi connectivity index (χ2v) is 13.2. The number of carbonyl (C=O) groups is 1. The number of aromatic nitrogens is 2. The lowest BCUT2D eigenvalue weighted by atomic mass is 9.77. The van der Waals surface area contributed by atoms with E-state index < -0.39 is 0 Å². The molecule has 2 aliphatic heterocycles. The molecule has 0 N–H and O–H groups in total. The van der Waals surface area contributed by atoms with Crippen molar-refractivity contribution in [3.63, 3.8) is 0 Å². The molecule has 3 unspecified atom stereocenters. The maximum atomic E-state index is 12.2. The Bertz CT molecular complexity index is 1330. The van der Waals surface area contributed by atoms with Crippen LogP contribution in [-0.2, 0) is 16.1 Å². The minimum atomic E-state index is -0.272. The molecule has 7 nitrogen and oxygen atoms in total. The lowest BCUT2D eigenvalue weighted by Gasteiger charge is -2.38. The Hall–Kier alpha value is -2.45. The van der Waals surface area contributed by atoms with Crippen molar-refractivity contribution >= 4 is 32.7 Å². The highest BCUT2D eigenvalue weighted by Crippen LogP contribution is 2.47. The summed E-state index contributed by atoms with van der Waals surface area (Å²) in [7, 11) is 0. The highest BCUT2D eigenvalue weighted by Gasteiger charge is 2.43. The van der Waals surface area contributed by atoms with Gasteiger partial charge in [-0.3, -0.25) is 0 Å². The number of hydrogen-bond acceptors (Lipinski definition) is 8. The smallest absolute Gasteiger partial charge is 0.338 e. The van der Waals surface area contributed by atoms with Crippen molar-refractivity contribution in [3.05, 3.63) is 40.8 Å². The molecule has 7 rings (SSSR count). The summed E-state index contributed by atoms with van der Waals surface area (Å²) in [4.78, 5) is 19.7. The van der Waals surface area contributed by atoms with E-state index in [0.29, 0.717) is 48.6 Å². The van der Waals surface area contributed by atoms with Crippen LogP contribution in [0.1, 0.15) is 117 Å². The zero-order valence-corrected chi connectivity index (χ0v) is 23.9. The average molecular weight is 550 g/mol. The molecule has 2 aliphatic carbocycles. The van der Waals surface area contributed by atoms with E-state index in [1.807, 2.05) is 25.1 Å². The molecule has 3 aromatic rings. The van der Waals surface area contributed by atoms with E-state index in [0.717, 1.165) is 34.0 Å². The van der Waals surface area contributed by atoms with Gasteiger partial charge in [-0.1, -0.05) is 42.7 Å². The molecule has 4 aliphatic rings. The van der Waals surface area contributed by atoms with E-state index in [1.54, 1.807) is 11.3 Å². The largest absolute Gasteiger partial charge is 0.462 e. The van der Waals surface area contributed by atoms with E-state index in [1.165, 1.54) is 62.6 Å². The van der Waals surface area contributed by atoms with Gasteiger partial charge in [-0.2, -0.15) is 0 Å². The van der Waals surface area contributed by atoms with Gasteiger partial charge in [0.25, 0.3) is 0 Å². The van der Waals surface area contributed by atoms with Crippen molar-refractivity contribution in [2.75, 3.05) is 11.5 Å². The van der Waals surface area contributed by atoms with Crippen LogP contribution in [0.2, 0.25) is 0 Å². The first-order chi connectivity index (χ1) is 19.1. The number of thiazole rings is 1. The Morgan fingerprint density at radius 2 is 1.90 bits per heavy atom. The number of rotatable bonds is 8. The third kappa shape index (κ3) is 4.88. The van der Waals surface area contributed by atoms with Crippen LogP contribution in [0.3, 0.4) is 0 Å². The van der Waals surface area contributed by atoms with Crippen molar-refractivity contribution in [1.29, 1.82) is 0 Å². The van der Waals surface area contributed by atoms with Crippen LogP contribution in [-0.4, -0.2) is 40.9 Å². The Labute approximate surface area is 234 Å². The van der Waals surface area contributed by atoms with Crippen LogP contribution in [0.15, 0.2) is 22.7 Å². The van der Waals surface area contributed by atoms with Crippen LogP contribution in [0.5, 0.6) is 0 Å². The zero-order valence-electron chi connectivity index (χ0n) is 23.1. The van der Waals surface area contributed by atoms with Crippen LogP contribution in [0.4, 0.5) is 5.13 Å². The van der Waals surface area contributed by atoms with Gasteiger partial charge in [0.2, 0.25) is 0 Å². The van der Waals surface area contributed by atoms with E-state index in [-0.39, 0.29) is 12.1 Å². The lowest BCUT2D eigenvalue weighted by molar-refractivity contribution is 0.0140. The molecule has 1 aromatic carbocycles. The summed E-state index contributed by atoms with van der Waals surface area (Å²) in [5.41, 5.74) is 4.01. The molecule has 0 amide bonds. The Morgan fingerprint density at radius 1 is 1.10 bits per heavy atom. The fourth-order valence-electron chi connectivity index (χ4n) is 7.30. The molecular formula is C31H39N3O4S. The van der Waals surface area contributed by atoms with Crippen LogP contribution < -0.4 is 4.90 Å². The standard InChI is InChI=1S/C31H39N3O4S/c1-3-36-30(35)20-10-13-26-27(14-20)39-31(32-26)34-21-11-12-22(34)16-23(15-21)37-17-25-28(24-7-5-4-6-18(24)2)33-38-29(25)19-8-9-19/h10,13-14,18-19,21-24H,3-9,11-12,15-17H2,1-2H3/t18?,21-,22?,23-,24?/m0/s1. The van der Waals surface area contributed by atoms with E-state index in [9.17, 15) is 4.79 Å². The third-order valence-electron chi connectivity index (χ3n) is 9.52. The van der Waals surface area contributed by atoms with Crippen LogP contribution >= 0.6 is 11.3 Å². The van der Waals surface area contributed by atoms with Crippen molar-refractivity contribution in [3.8, 4) is 0 Å². The van der Waals surface area contributed by atoms with Gasteiger partial charge in [0.05, 0.1) is 40.8 Å². The van der Waals surface area contributed by atoms with Gasteiger partial charge in [0, 0.05) is 29.5 Å². The zero-order chi connectivity index (χ0) is 26.5. The Balaban J connectivity index is 1.05. The summed E-state index contributed by atoms with van der Waals surface area (Å²) in [5, 5.41) is 5.73. The molecule has 208 valence electrons. The van der Waals surface area contributed by atoms with Gasteiger partial charge in [-0.15, -0.1) is 0 Å². The van der Waals surface area contributed by atoms with Crippen molar-refractivity contribution in [2.45, 2.75) is 115 Å². The van der Waals surface area contributed by atoms with Crippen LogP contribution in [0, 0.1) is 5.92 Å². The molecule has 2 bridgehead atoms.